The van der Waals surface area contributed by atoms with Crippen LogP contribution in [0.15, 0.2) is 39.9 Å². The Kier molecular flexibility index (Phi) is 5.48. The van der Waals surface area contributed by atoms with Crippen molar-refractivity contribution in [1.29, 1.82) is 0 Å². The van der Waals surface area contributed by atoms with Crippen LogP contribution >= 0.6 is 22.9 Å². The summed E-state index contributed by atoms with van der Waals surface area (Å²) < 4.78 is 26.9. The Morgan fingerprint density at radius 2 is 2.00 bits per heavy atom. The number of piperidine rings is 1. The van der Waals surface area contributed by atoms with Crippen molar-refractivity contribution < 1.29 is 13.2 Å². The van der Waals surface area contributed by atoms with E-state index < -0.39 is 10.0 Å². The van der Waals surface area contributed by atoms with Gasteiger partial charge in [0.25, 0.3) is 10.0 Å². The summed E-state index contributed by atoms with van der Waals surface area (Å²) in [6.45, 7) is 2.60. The third-order valence-electron chi connectivity index (χ3n) is 4.36. The second-order valence-corrected chi connectivity index (χ2v) is 9.61. The molecule has 1 aliphatic rings. The Morgan fingerprint density at radius 1 is 1.28 bits per heavy atom. The van der Waals surface area contributed by atoms with E-state index in [2.05, 4.69) is 5.32 Å². The second-order valence-electron chi connectivity index (χ2n) is 6.06. The number of nitrogens with zero attached hydrogens (tertiary/aromatic N) is 1. The standard InChI is InChI=1S/C17H19ClN2O3S2/c1-12-11-14(18)4-5-15(12)19-17(21)13-6-8-20(9-7-13)25(22,23)16-3-2-10-24-16/h2-5,10-11,13H,6-9H2,1H3,(H,19,21). The molecule has 0 atom stereocenters. The van der Waals surface area contributed by atoms with Crippen LogP contribution in [0.25, 0.3) is 0 Å². The summed E-state index contributed by atoms with van der Waals surface area (Å²) in [5.41, 5.74) is 1.64. The first-order chi connectivity index (χ1) is 11.9. The van der Waals surface area contributed by atoms with Gasteiger partial charge in [0.05, 0.1) is 0 Å². The highest BCUT2D eigenvalue weighted by atomic mass is 35.5. The van der Waals surface area contributed by atoms with Crippen LogP contribution in [-0.2, 0) is 14.8 Å². The van der Waals surface area contributed by atoms with E-state index in [0.29, 0.717) is 35.2 Å². The summed E-state index contributed by atoms with van der Waals surface area (Å²) in [5, 5.41) is 5.30. The van der Waals surface area contributed by atoms with Crippen molar-refractivity contribution in [3.63, 3.8) is 0 Å². The fourth-order valence-electron chi connectivity index (χ4n) is 2.90. The highest BCUT2D eigenvalue weighted by Gasteiger charge is 2.32. The zero-order valence-corrected chi connectivity index (χ0v) is 16.1. The van der Waals surface area contributed by atoms with Gasteiger partial charge in [-0.15, -0.1) is 11.3 Å². The molecule has 134 valence electrons. The molecule has 2 aromatic rings. The monoisotopic (exact) mass is 398 g/mol. The van der Waals surface area contributed by atoms with Crippen LogP contribution in [0, 0.1) is 12.8 Å². The summed E-state index contributed by atoms with van der Waals surface area (Å²) in [6.07, 6.45) is 1.03. The van der Waals surface area contributed by atoms with Crippen molar-refractivity contribution >= 4 is 44.6 Å². The maximum absolute atomic E-state index is 12.5. The zero-order valence-electron chi connectivity index (χ0n) is 13.7. The van der Waals surface area contributed by atoms with Crippen LogP contribution < -0.4 is 5.32 Å². The normalized spacial score (nSPS) is 16.7. The Hall–Kier alpha value is -1.41. The highest BCUT2D eigenvalue weighted by molar-refractivity contribution is 7.91. The molecule has 8 heteroatoms. The molecular formula is C17H19ClN2O3S2. The van der Waals surface area contributed by atoms with Gasteiger partial charge in [-0.05, 0) is 55.0 Å². The van der Waals surface area contributed by atoms with E-state index in [9.17, 15) is 13.2 Å². The molecule has 1 aromatic heterocycles. The number of hydrogen-bond donors (Lipinski definition) is 1. The number of rotatable bonds is 4. The molecule has 2 heterocycles. The quantitative estimate of drug-likeness (QED) is 0.852. The number of hydrogen-bond acceptors (Lipinski definition) is 4. The third-order valence-corrected chi connectivity index (χ3v) is 7.87. The van der Waals surface area contributed by atoms with Gasteiger partial charge in [0, 0.05) is 29.7 Å². The highest BCUT2D eigenvalue weighted by Crippen LogP contribution is 2.27. The molecule has 5 nitrogen and oxygen atoms in total. The smallest absolute Gasteiger partial charge is 0.252 e. The van der Waals surface area contributed by atoms with Crippen molar-refractivity contribution in [2.45, 2.75) is 24.0 Å². The van der Waals surface area contributed by atoms with E-state index in [1.165, 1.54) is 15.6 Å². The van der Waals surface area contributed by atoms with Crippen molar-refractivity contribution in [2.75, 3.05) is 18.4 Å². The fourth-order valence-corrected chi connectivity index (χ4v) is 5.74. The van der Waals surface area contributed by atoms with Crippen molar-refractivity contribution in [1.82, 2.24) is 4.31 Å². The van der Waals surface area contributed by atoms with Crippen molar-refractivity contribution in [3.05, 3.63) is 46.3 Å². The van der Waals surface area contributed by atoms with Gasteiger partial charge in [-0.2, -0.15) is 4.31 Å². The molecule has 0 aliphatic carbocycles. The van der Waals surface area contributed by atoms with Gasteiger partial charge in [0.15, 0.2) is 0 Å². The van der Waals surface area contributed by atoms with Crippen molar-refractivity contribution in [2.24, 2.45) is 5.92 Å². The molecule has 1 saturated heterocycles. The number of nitrogens with one attached hydrogen (secondary N) is 1. The lowest BCUT2D eigenvalue weighted by atomic mass is 9.97. The average molecular weight is 399 g/mol. The lowest BCUT2D eigenvalue weighted by Gasteiger charge is -2.30. The Bertz CT molecular complexity index is 858. The van der Waals surface area contributed by atoms with Gasteiger partial charge in [0.2, 0.25) is 5.91 Å². The average Bonchev–Trinajstić information content (AvgIpc) is 3.13. The molecule has 3 rings (SSSR count). The number of thiophene rings is 1. The van der Waals surface area contributed by atoms with Gasteiger partial charge in [-0.1, -0.05) is 17.7 Å². The Balaban J connectivity index is 1.61. The first-order valence-electron chi connectivity index (χ1n) is 7.98. The summed E-state index contributed by atoms with van der Waals surface area (Å²) >= 11 is 7.14. The Labute approximate surface area is 156 Å². The predicted molar refractivity (Wildman–Crippen MR) is 101 cm³/mol. The topological polar surface area (TPSA) is 66.5 Å². The fraction of sp³-hybridized carbons (Fsp3) is 0.353. The minimum atomic E-state index is -3.43. The van der Waals surface area contributed by atoms with Crippen LogP contribution in [0.3, 0.4) is 0 Å². The van der Waals surface area contributed by atoms with Gasteiger partial charge in [-0.3, -0.25) is 4.79 Å². The van der Waals surface area contributed by atoms with E-state index in [4.69, 9.17) is 11.6 Å². The summed E-state index contributed by atoms with van der Waals surface area (Å²) in [4.78, 5) is 12.5. The molecule has 0 bridgehead atoms. The molecule has 1 amide bonds. The number of benzene rings is 1. The lowest BCUT2D eigenvalue weighted by molar-refractivity contribution is -0.120. The van der Waals surface area contributed by atoms with Crippen LogP contribution in [-0.4, -0.2) is 31.7 Å². The lowest BCUT2D eigenvalue weighted by Crippen LogP contribution is -2.41. The van der Waals surface area contributed by atoms with Crippen LogP contribution in [0.1, 0.15) is 18.4 Å². The van der Waals surface area contributed by atoms with E-state index in [1.807, 2.05) is 6.92 Å². The Morgan fingerprint density at radius 3 is 2.60 bits per heavy atom. The van der Waals surface area contributed by atoms with E-state index in [1.54, 1.807) is 35.7 Å². The molecular weight excluding hydrogens is 380 g/mol. The van der Waals surface area contributed by atoms with Gasteiger partial charge in [-0.25, -0.2) is 8.42 Å². The molecule has 1 aromatic carbocycles. The van der Waals surface area contributed by atoms with E-state index in [-0.39, 0.29) is 11.8 Å². The second kappa shape index (κ2) is 7.45. The number of aryl methyl sites for hydroxylation is 1. The number of sulfonamides is 1. The van der Waals surface area contributed by atoms with E-state index in [0.717, 1.165) is 11.3 Å². The number of carbonyl (C=O) groups excluding carboxylic acids is 1. The van der Waals surface area contributed by atoms with Gasteiger partial charge >= 0.3 is 0 Å². The van der Waals surface area contributed by atoms with Gasteiger partial charge in [0.1, 0.15) is 4.21 Å². The maximum atomic E-state index is 12.5. The molecule has 1 aliphatic heterocycles. The van der Waals surface area contributed by atoms with Crippen molar-refractivity contribution in [3.8, 4) is 0 Å². The molecule has 25 heavy (non-hydrogen) atoms. The largest absolute Gasteiger partial charge is 0.326 e. The third kappa shape index (κ3) is 4.06. The molecule has 0 radical (unpaired) electrons. The van der Waals surface area contributed by atoms with E-state index >= 15 is 0 Å². The molecule has 0 saturated carbocycles. The molecule has 1 N–H and O–H groups in total. The number of amides is 1. The maximum Gasteiger partial charge on any atom is 0.252 e. The minimum absolute atomic E-state index is 0.0707. The number of halogens is 1. The van der Waals surface area contributed by atoms with Gasteiger partial charge < -0.3 is 5.32 Å². The van der Waals surface area contributed by atoms with Crippen LogP contribution in [0.4, 0.5) is 5.69 Å². The van der Waals surface area contributed by atoms with Crippen LogP contribution in [0.2, 0.25) is 5.02 Å². The predicted octanol–water partition coefficient (Wildman–Crippen LogP) is 3.75. The summed E-state index contributed by atoms with van der Waals surface area (Å²) in [5.74, 6) is -0.261. The minimum Gasteiger partial charge on any atom is -0.326 e. The molecule has 1 fully saturated rings. The molecule has 0 unspecified atom stereocenters. The first kappa shape index (κ1) is 18.4. The molecule has 0 spiro atoms. The summed E-state index contributed by atoms with van der Waals surface area (Å²) in [7, 11) is -3.43. The number of carbonyl (C=O) groups is 1. The SMILES string of the molecule is Cc1cc(Cl)ccc1NC(=O)C1CCN(S(=O)(=O)c2cccs2)CC1. The zero-order chi connectivity index (χ0) is 18.0. The summed E-state index contributed by atoms with van der Waals surface area (Å²) in [6, 6.07) is 8.66. The first-order valence-corrected chi connectivity index (χ1v) is 10.7. The van der Waals surface area contributed by atoms with Crippen LogP contribution in [0.5, 0.6) is 0 Å². The number of anilines is 1.